The quantitative estimate of drug-likeness (QED) is 0.0777. The lowest BCUT2D eigenvalue weighted by atomic mass is 10.1. The topological polar surface area (TPSA) is 167 Å². The van der Waals surface area contributed by atoms with E-state index in [0.717, 1.165) is 74.6 Å². The van der Waals surface area contributed by atoms with Gasteiger partial charge in [0.25, 0.3) is 0 Å². The number of hydrogen-bond donors (Lipinski definition) is 4. The molecular weight excluding hydrogens is 757 g/mol. The van der Waals surface area contributed by atoms with Crippen molar-refractivity contribution >= 4 is 40.6 Å². The van der Waals surface area contributed by atoms with Crippen LogP contribution < -0.4 is 21.3 Å². The zero-order valence-corrected chi connectivity index (χ0v) is 33.6. The molecule has 0 spiro atoms. The fraction of sp³-hybridized carbons (Fsp3) is 0.311. The second-order valence-electron chi connectivity index (χ2n) is 15.3. The normalized spacial score (nSPS) is 14.3. The van der Waals surface area contributed by atoms with Gasteiger partial charge >= 0.3 is 6.03 Å². The summed E-state index contributed by atoms with van der Waals surface area (Å²) in [5.41, 5.74) is 6.86. The molecule has 8 rings (SSSR count). The molecule has 2 aromatic heterocycles. The molecule has 60 heavy (non-hydrogen) atoms. The van der Waals surface area contributed by atoms with E-state index in [1.807, 2.05) is 97.3 Å². The van der Waals surface area contributed by atoms with Crippen molar-refractivity contribution in [1.82, 2.24) is 39.8 Å². The molecule has 0 radical (unpaired) electrons. The van der Waals surface area contributed by atoms with Crippen LogP contribution in [-0.4, -0.2) is 96.9 Å². The fourth-order valence-electron chi connectivity index (χ4n) is 7.69. The minimum Gasteiger partial charge on any atom is -0.326 e. The van der Waals surface area contributed by atoms with E-state index in [0.29, 0.717) is 47.0 Å². The van der Waals surface area contributed by atoms with Gasteiger partial charge in [0.2, 0.25) is 11.8 Å². The summed E-state index contributed by atoms with van der Waals surface area (Å²) in [6, 6.07) is 29.4. The molecule has 4 heterocycles. The van der Waals surface area contributed by atoms with Gasteiger partial charge in [-0.3, -0.25) is 9.59 Å². The average Bonchev–Trinajstić information content (AvgIpc) is 4.11. The number of rotatable bonds is 16. The number of carbonyl (C=O) groups is 3. The number of aromatic nitrogens is 6. The largest absolute Gasteiger partial charge is 0.326 e. The van der Waals surface area contributed by atoms with Crippen LogP contribution in [0.1, 0.15) is 51.4 Å². The van der Waals surface area contributed by atoms with Crippen molar-refractivity contribution in [2.24, 2.45) is 0 Å². The Morgan fingerprint density at radius 1 is 0.500 bits per heavy atom. The molecule has 15 nitrogen and oxygen atoms in total. The zero-order chi connectivity index (χ0) is 41.1. The molecule has 308 valence electrons. The van der Waals surface area contributed by atoms with Crippen molar-refractivity contribution < 1.29 is 14.4 Å². The van der Waals surface area contributed by atoms with Gasteiger partial charge in [-0.05, 0) is 138 Å². The number of nitrogens with one attached hydrogen (secondary N) is 4. The smallest absolute Gasteiger partial charge is 0.323 e. The molecule has 4 N–H and O–H groups in total. The highest BCUT2D eigenvalue weighted by Gasteiger charge is 2.15. The van der Waals surface area contributed by atoms with Gasteiger partial charge in [0.1, 0.15) is 11.4 Å². The molecule has 0 unspecified atom stereocenters. The second-order valence-corrected chi connectivity index (χ2v) is 15.3. The minimum atomic E-state index is -0.415. The number of hydrogen-bond acceptors (Lipinski definition) is 9. The van der Waals surface area contributed by atoms with Crippen LogP contribution in [0.2, 0.25) is 0 Å². The number of anilines is 4. The van der Waals surface area contributed by atoms with Crippen molar-refractivity contribution in [2.75, 3.05) is 60.5 Å². The van der Waals surface area contributed by atoms with E-state index in [1.54, 1.807) is 21.5 Å². The van der Waals surface area contributed by atoms with E-state index in [2.05, 4.69) is 51.7 Å². The molecule has 0 saturated carbocycles. The van der Waals surface area contributed by atoms with Gasteiger partial charge in [-0.15, -0.1) is 10.2 Å². The summed E-state index contributed by atoms with van der Waals surface area (Å²) in [5, 5.41) is 29.3. The Hall–Kier alpha value is -6.71. The van der Waals surface area contributed by atoms with Crippen LogP contribution in [-0.2, 0) is 9.59 Å². The third kappa shape index (κ3) is 10.9. The van der Waals surface area contributed by atoms with Gasteiger partial charge in [0, 0.05) is 46.7 Å². The van der Waals surface area contributed by atoms with Crippen molar-refractivity contribution in [3.05, 3.63) is 109 Å². The maximum Gasteiger partial charge on any atom is 0.323 e. The second kappa shape index (κ2) is 19.4. The third-order valence-electron chi connectivity index (χ3n) is 10.8. The first-order valence-electron chi connectivity index (χ1n) is 20.8. The van der Waals surface area contributed by atoms with Gasteiger partial charge in [-0.25, -0.2) is 14.2 Å². The van der Waals surface area contributed by atoms with Gasteiger partial charge < -0.3 is 31.1 Å². The molecule has 0 atom stereocenters. The summed E-state index contributed by atoms with van der Waals surface area (Å²) in [7, 11) is 0. The number of likely N-dealkylation sites (tertiary alicyclic amines) is 2. The summed E-state index contributed by atoms with van der Waals surface area (Å²) in [6.07, 6.45) is 11.2. The lowest BCUT2D eigenvalue weighted by molar-refractivity contribution is -0.117. The van der Waals surface area contributed by atoms with Crippen LogP contribution in [0.25, 0.3) is 33.9 Å². The van der Waals surface area contributed by atoms with Crippen molar-refractivity contribution in [1.29, 1.82) is 0 Å². The van der Waals surface area contributed by atoms with Gasteiger partial charge in [-0.2, -0.15) is 0 Å². The summed E-state index contributed by atoms with van der Waals surface area (Å²) < 4.78 is 3.32. The Bertz CT molecular complexity index is 2250. The lowest BCUT2D eigenvalue weighted by Crippen LogP contribution is -2.22. The molecule has 2 aliphatic rings. The molecule has 2 aliphatic heterocycles. The summed E-state index contributed by atoms with van der Waals surface area (Å²) in [4.78, 5) is 43.2. The highest BCUT2D eigenvalue weighted by atomic mass is 16.2. The highest BCUT2D eigenvalue weighted by molar-refractivity contribution is 6.00. The molecular formula is C45H50N12O3. The Morgan fingerprint density at radius 3 is 1.33 bits per heavy atom. The molecule has 4 amide bonds. The number of carbonyl (C=O) groups excluding carboxylic acids is 3. The maximum atomic E-state index is 13.2. The summed E-state index contributed by atoms with van der Waals surface area (Å²) in [5.74, 6) is -0.00701. The fourth-order valence-corrected chi connectivity index (χ4v) is 7.69. The number of benzene rings is 4. The molecule has 6 aromatic rings. The van der Waals surface area contributed by atoms with E-state index in [9.17, 15) is 14.4 Å². The lowest BCUT2D eigenvalue weighted by Gasteiger charge is -2.14. The Labute approximate surface area is 349 Å². The predicted octanol–water partition coefficient (Wildman–Crippen LogP) is 7.46. The van der Waals surface area contributed by atoms with Crippen LogP contribution in [0, 0.1) is 0 Å². The SMILES string of the molecule is O=C(CCCN1CCCC1)Nc1cccc(-n2cc(-c3cccc(NC(=O)Nc4cccc(-c5cn(-c6cccc(NC(=O)CCCN7CCCC7)c6)nn5)c4)c3)nn2)c1. The van der Waals surface area contributed by atoms with E-state index in [1.165, 1.54) is 25.7 Å². The van der Waals surface area contributed by atoms with E-state index in [-0.39, 0.29) is 11.8 Å². The van der Waals surface area contributed by atoms with Crippen molar-refractivity contribution in [3.8, 4) is 33.9 Å². The standard InChI is InChI=1S/C45H50N12O3/c58-43(19-9-25-54-21-1-2-22-54)46-37-15-7-17-39(29-37)56-31-41(50-52-56)33-11-5-13-35(27-33)48-45(60)49-36-14-6-12-34(28-36)42-32-57(53-51-42)40-18-8-16-38(30-40)47-44(59)20-10-26-55-23-3-4-24-55/h5-8,11-18,27-32H,1-4,9-10,19-26H2,(H,46,58)(H,47,59)(H2,48,49,60). The first kappa shape index (κ1) is 40.1. The molecule has 0 aliphatic carbocycles. The van der Waals surface area contributed by atoms with E-state index >= 15 is 0 Å². The van der Waals surface area contributed by atoms with Gasteiger partial charge in [0.05, 0.1) is 23.8 Å². The van der Waals surface area contributed by atoms with E-state index < -0.39 is 6.03 Å². The molecule has 2 fully saturated rings. The highest BCUT2D eigenvalue weighted by Crippen LogP contribution is 2.25. The van der Waals surface area contributed by atoms with Crippen molar-refractivity contribution in [3.63, 3.8) is 0 Å². The Balaban J connectivity index is 0.838. The van der Waals surface area contributed by atoms with Crippen LogP contribution in [0.4, 0.5) is 27.5 Å². The van der Waals surface area contributed by atoms with Gasteiger partial charge in [0.15, 0.2) is 0 Å². The first-order valence-corrected chi connectivity index (χ1v) is 20.8. The Kier molecular flexibility index (Phi) is 12.9. The van der Waals surface area contributed by atoms with Crippen LogP contribution in [0.15, 0.2) is 109 Å². The first-order chi connectivity index (χ1) is 29.4. The van der Waals surface area contributed by atoms with Crippen LogP contribution in [0.5, 0.6) is 0 Å². The van der Waals surface area contributed by atoms with Crippen LogP contribution in [0.3, 0.4) is 0 Å². The minimum absolute atomic E-state index is 0.00350. The third-order valence-corrected chi connectivity index (χ3v) is 10.8. The number of amides is 4. The number of nitrogens with zero attached hydrogens (tertiary/aromatic N) is 8. The molecule has 2 saturated heterocycles. The molecule has 15 heteroatoms. The van der Waals surface area contributed by atoms with Gasteiger partial charge in [-0.1, -0.05) is 46.8 Å². The Morgan fingerprint density at radius 2 is 0.900 bits per heavy atom. The molecule has 0 bridgehead atoms. The van der Waals surface area contributed by atoms with Crippen LogP contribution >= 0.6 is 0 Å². The maximum absolute atomic E-state index is 13.2. The average molecular weight is 807 g/mol. The summed E-state index contributed by atoms with van der Waals surface area (Å²) in [6.45, 7) is 6.43. The monoisotopic (exact) mass is 806 g/mol. The summed E-state index contributed by atoms with van der Waals surface area (Å²) >= 11 is 0. The predicted molar refractivity (Wildman–Crippen MR) is 233 cm³/mol. The van der Waals surface area contributed by atoms with E-state index in [4.69, 9.17) is 0 Å². The number of urea groups is 1. The molecule has 4 aromatic carbocycles. The zero-order valence-electron chi connectivity index (χ0n) is 33.6. The van der Waals surface area contributed by atoms with Crippen molar-refractivity contribution in [2.45, 2.75) is 51.4 Å².